The van der Waals surface area contributed by atoms with Crippen molar-refractivity contribution < 1.29 is 9.50 Å². The van der Waals surface area contributed by atoms with Crippen LogP contribution in [-0.2, 0) is 0 Å². The van der Waals surface area contributed by atoms with Gasteiger partial charge in [0.25, 0.3) is 0 Å². The number of hydrogen-bond donors (Lipinski definition) is 2. The predicted molar refractivity (Wildman–Crippen MR) is 73.5 cm³/mol. The van der Waals surface area contributed by atoms with E-state index in [0.717, 1.165) is 25.1 Å². The molecule has 4 heteroatoms. The SMILES string of the molecule is CNC(C)(CO)CCCN(C)c1cccc(F)c1. The third kappa shape index (κ3) is 4.27. The monoisotopic (exact) mass is 254 g/mol. The van der Waals surface area contributed by atoms with Gasteiger partial charge in [0.1, 0.15) is 5.82 Å². The Morgan fingerprint density at radius 3 is 2.72 bits per heavy atom. The molecular formula is C14H23FN2O. The largest absolute Gasteiger partial charge is 0.394 e. The van der Waals surface area contributed by atoms with E-state index in [0.29, 0.717) is 0 Å². The van der Waals surface area contributed by atoms with Gasteiger partial charge in [-0.2, -0.15) is 0 Å². The Bertz CT molecular complexity index is 367. The maximum Gasteiger partial charge on any atom is 0.125 e. The first-order chi connectivity index (χ1) is 8.50. The van der Waals surface area contributed by atoms with E-state index in [4.69, 9.17) is 0 Å². The number of rotatable bonds is 7. The lowest BCUT2D eigenvalue weighted by Crippen LogP contribution is -2.43. The van der Waals surface area contributed by atoms with Crippen LogP contribution in [-0.4, -0.2) is 37.9 Å². The number of anilines is 1. The van der Waals surface area contributed by atoms with Gasteiger partial charge in [0.15, 0.2) is 0 Å². The summed E-state index contributed by atoms with van der Waals surface area (Å²) in [6.45, 7) is 2.95. The highest BCUT2D eigenvalue weighted by Crippen LogP contribution is 2.16. The van der Waals surface area contributed by atoms with E-state index < -0.39 is 0 Å². The van der Waals surface area contributed by atoms with Gasteiger partial charge in [-0.3, -0.25) is 0 Å². The van der Waals surface area contributed by atoms with Gasteiger partial charge in [0.05, 0.1) is 6.61 Å². The zero-order valence-electron chi connectivity index (χ0n) is 11.4. The van der Waals surface area contributed by atoms with E-state index in [9.17, 15) is 9.50 Å². The van der Waals surface area contributed by atoms with Gasteiger partial charge in [0.2, 0.25) is 0 Å². The molecule has 0 radical (unpaired) electrons. The third-order valence-electron chi connectivity index (χ3n) is 3.42. The van der Waals surface area contributed by atoms with Gasteiger partial charge in [0, 0.05) is 24.8 Å². The standard InChI is InChI=1S/C14H23FN2O/c1-14(11-18,16-2)8-5-9-17(3)13-7-4-6-12(15)10-13/h4,6-7,10,16,18H,5,8-9,11H2,1-3H3. The van der Waals surface area contributed by atoms with Crippen molar-refractivity contribution in [3.63, 3.8) is 0 Å². The number of halogens is 1. The molecule has 0 aliphatic heterocycles. The highest BCUT2D eigenvalue weighted by Gasteiger charge is 2.20. The lowest BCUT2D eigenvalue weighted by molar-refractivity contribution is 0.172. The van der Waals surface area contributed by atoms with E-state index in [1.165, 1.54) is 12.1 Å². The maximum absolute atomic E-state index is 13.1. The van der Waals surface area contributed by atoms with Gasteiger partial charge in [-0.25, -0.2) is 4.39 Å². The van der Waals surface area contributed by atoms with Gasteiger partial charge in [-0.1, -0.05) is 6.07 Å². The second-order valence-electron chi connectivity index (χ2n) is 4.97. The molecule has 1 rings (SSSR count). The quantitative estimate of drug-likeness (QED) is 0.781. The summed E-state index contributed by atoms with van der Waals surface area (Å²) in [5.74, 6) is -0.213. The molecule has 0 amide bonds. The van der Waals surface area contributed by atoms with Crippen LogP contribution < -0.4 is 10.2 Å². The Kier molecular flexibility index (Phi) is 5.56. The minimum atomic E-state index is -0.233. The summed E-state index contributed by atoms with van der Waals surface area (Å²) in [6, 6.07) is 6.59. The molecular weight excluding hydrogens is 231 g/mol. The molecule has 18 heavy (non-hydrogen) atoms. The molecule has 3 nitrogen and oxygen atoms in total. The molecule has 0 aliphatic rings. The Labute approximate surface area is 109 Å². The lowest BCUT2D eigenvalue weighted by Gasteiger charge is -2.28. The molecule has 1 aromatic carbocycles. The van der Waals surface area contributed by atoms with E-state index in [2.05, 4.69) is 5.32 Å². The summed E-state index contributed by atoms with van der Waals surface area (Å²) in [5, 5.41) is 12.4. The Morgan fingerprint density at radius 1 is 1.44 bits per heavy atom. The Balaban J connectivity index is 2.44. The van der Waals surface area contributed by atoms with Crippen LogP contribution in [0.25, 0.3) is 0 Å². The highest BCUT2D eigenvalue weighted by atomic mass is 19.1. The number of aliphatic hydroxyl groups excluding tert-OH is 1. The first-order valence-corrected chi connectivity index (χ1v) is 6.27. The van der Waals surface area contributed by atoms with Gasteiger partial charge in [-0.05, 0) is 45.0 Å². The lowest BCUT2D eigenvalue weighted by atomic mass is 9.97. The van der Waals surface area contributed by atoms with E-state index in [1.54, 1.807) is 6.07 Å². The van der Waals surface area contributed by atoms with Crippen LogP contribution in [0.1, 0.15) is 19.8 Å². The number of nitrogens with one attached hydrogen (secondary N) is 1. The molecule has 0 aromatic heterocycles. The van der Waals surface area contributed by atoms with Crippen LogP contribution in [0.3, 0.4) is 0 Å². The van der Waals surface area contributed by atoms with Gasteiger partial charge >= 0.3 is 0 Å². The van der Waals surface area contributed by atoms with Crippen molar-refractivity contribution in [2.75, 3.05) is 32.1 Å². The molecule has 0 heterocycles. The second-order valence-corrected chi connectivity index (χ2v) is 4.97. The average Bonchev–Trinajstić information content (AvgIpc) is 2.38. The second kappa shape index (κ2) is 6.71. The molecule has 1 unspecified atom stereocenters. The molecule has 0 aliphatic carbocycles. The van der Waals surface area contributed by atoms with Crippen molar-refractivity contribution in [2.24, 2.45) is 0 Å². The van der Waals surface area contributed by atoms with Crippen molar-refractivity contribution in [2.45, 2.75) is 25.3 Å². The highest BCUT2D eigenvalue weighted by molar-refractivity contribution is 5.45. The van der Waals surface area contributed by atoms with Crippen LogP contribution in [0.2, 0.25) is 0 Å². The van der Waals surface area contributed by atoms with Crippen LogP contribution in [0.4, 0.5) is 10.1 Å². The summed E-state index contributed by atoms with van der Waals surface area (Å²) in [5.41, 5.74) is 0.646. The summed E-state index contributed by atoms with van der Waals surface area (Å²) < 4.78 is 13.1. The number of nitrogens with zero attached hydrogens (tertiary/aromatic N) is 1. The molecule has 0 fully saturated rings. The Morgan fingerprint density at radius 2 is 2.17 bits per heavy atom. The molecule has 0 spiro atoms. The Hall–Kier alpha value is -1.13. The molecule has 102 valence electrons. The fourth-order valence-corrected chi connectivity index (χ4v) is 1.83. The third-order valence-corrected chi connectivity index (χ3v) is 3.42. The van der Waals surface area contributed by atoms with Crippen LogP contribution in [0.15, 0.2) is 24.3 Å². The fraction of sp³-hybridized carbons (Fsp3) is 0.571. The van der Waals surface area contributed by atoms with Crippen LogP contribution in [0, 0.1) is 5.82 Å². The summed E-state index contributed by atoms with van der Waals surface area (Å²) in [4.78, 5) is 2.02. The number of hydrogen-bond acceptors (Lipinski definition) is 3. The number of likely N-dealkylation sites (N-methyl/N-ethyl adjacent to an activating group) is 1. The van der Waals surface area contributed by atoms with Gasteiger partial charge in [-0.15, -0.1) is 0 Å². The summed E-state index contributed by atoms with van der Waals surface area (Å²) in [7, 11) is 3.80. The first kappa shape index (κ1) is 14.9. The van der Waals surface area contributed by atoms with E-state index >= 15 is 0 Å². The minimum Gasteiger partial charge on any atom is -0.394 e. The summed E-state index contributed by atoms with van der Waals surface area (Å²) in [6.07, 6.45) is 1.81. The maximum atomic E-state index is 13.1. The normalized spacial score (nSPS) is 14.3. The molecule has 0 saturated heterocycles. The zero-order chi connectivity index (χ0) is 13.6. The molecule has 0 saturated carbocycles. The minimum absolute atomic E-state index is 0.118. The van der Waals surface area contributed by atoms with Crippen LogP contribution in [0.5, 0.6) is 0 Å². The predicted octanol–water partition coefficient (Wildman–Crippen LogP) is 2.01. The van der Waals surface area contributed by atoms with E-state index in [-0.39, 0.29) is 18.0 Å². The molecule has 1 atom stereocenters. The zero-order valence-corrected chi connectivity index (χ0v) is 11.4. The smallest absolute Gasteiger partial charge is 0.125 e. The van der Waals surface area contributed by atoms with Crippen molar-refractivity contribution in [1.29, 1.82) is 0 Å². The topological polar surface area (TPSA) is 35.5 Å². The number of benzene rings is 1. The molecule has 2 N–H and O–H groups in total. The van der Waals surface area contributed by atoms with Crippen molar-refractivity contribution in [1.82, 2.24) is 5.32 Å². The number of aliphatic hydroxyl groups is 1. The van der Waals surface area contributed by atoms with Crippen LogP contribution >= 0.6 is 0 Å². The average molecular weight is 254 g/mol. The van der Waals surface area contributed by atoms with E-state index in [1.807, 2.05) is 32.0 Å². The van der Waals surface area contributed by atoms with Gasteiger partial charge < -0.3 is 15.3 Å². The van der Waals surface area contributed by atoms with Crippen molar-refractivity contribution >= 4 is 5.69 Å². The van der Waals surface area contributed by atoms with Crippen molar-refractivity contribution in [3.05, 3.63) is 30.1 Å². The first-order valence-electron chi connectivity index (χ1n) is 6.27. The van der Waals surface area contributed by atoms with Crippen molar-refractivity contribution in [3.8, 4) is 0 Å². The molecule has 1 aromatic rings. The fourth-order valence-electron chi connectivity index (χ4n) is 1.83. The molecule has 0 bridgehead atoms. The summed E-state index contributed by atoms with van der Waals surface area (Å²) >= 11 is 0.